The van der Waals surface area contributed by atoms with Crippen LogP contribution in [-0.4, -0.2) is 6.04 Å². The molecule has 2 heteroatoms. The fraction of sp³-hybridized carbons (Fsp3) is 0.833. The van der Waals surface area contributed by atoms with Crippen LogP contribution in [0.15, 0.2) is 0 Å². The Morgan fingerprint density at radius 3 is 2.62 bits per heavy atom. The third-order valence-electron chi connectivity index (χ3n) is 1.68. The molecular formula is C6H10N2. The largest absolute Gasteiger partial charge is 0.328 e. The Bertz CT molecular complexity index is 123. The van der Waals surface area contributed by atoms with Crippen LogP contribution in [0.1, 0.15) is 13.3 Å². The molecule has 1 saturated carbocycles. The second-order valence-electron chi connectivity index (χ2n) is 2.49. The molecule has 0 saturated heterocycles. The van der Waals surface area contributed by atoms with Crippen molar-refractivity contribution in [2.24, 2.45) is 17.6 Å². The summed E-state index contributed by atoms with van der Waals surface area (Å²) >= 11 is 0. The molecule has 0 amide bonds. The van der Waals surface area contributed by atoms with E-state index >= 15 is 0 Å². The van der Waals surface area contributed by atoms with Crippen LogP contribution in [0.25, 0.3) is 0 Å². The number of hydrogen-bond acceptors (Lipinski definition) is 2. The highest BCUT2D eigenvalue weighted by Gasteiger charge is 2.39. The SMILES string of the molecule is C[C@@H](N)C1CC1C#N. The van der Waals surface area contributed by atoms with E-state index in [9.17, 15) is 0 Å². The average molecular weight is 110 g/mol. The first-order chi connectivity index (χ1) is 3.75. The molecule has 0 aromatic rings. The van der Waals surface area contributed by atoms with Gasteiger partial charge < -0.3 is 5.73 Å². The maximum absolute atomic E-state index is 8.32. The quantitative estimate of drug-likeness (QED) is 0.534. The highest BCUT2D eigenvalue weighted by Crippen LogP contribution is 2.39. The van der Waals surface area contributed by atoms with Crippen LogP contribution in [-0.2, 0) is 0 Å². The number of nitriles is 1. The van der Waals surface area contributed by atoms with Gasteiger partial charge in [0.25, 0.3) is 0 Å². The van der Waals surface area contributed by atoms with E-state index in [4.69, 9.17) is 11.0 Å². The zero-order valence-corrected chi connectivity index (χ0v) is 4.96. The minimum Gasteiger partial charge on any atom is -0.328 e. The first-order valence-corrected chi connectivity index (χ1v) is 2.91. The molecule has 2 unspecified atom stereocenters. The second kappa shape index (κ2) is 1.75. The summed E-state index contributed by atoms with van der Waals surface area (Å²) in [7, 11) is 0. The minimum absolute atomic E-state index is 0.222. The highest BCUT2D eigenvalue weighted by molar-refractivity contribution is 5.04. The predicted octanol–water partition coefficient (Wildman–Crippen LogP) is 0.493. The summed E-state index contributed by atoms with van der Waals surface area (Å²) in [4.78, 5) is 0. The molecule has 44 valence electrons. The van der Waals surface area contributed by atoms with Gasteiger partial charge in [-0.3, -0.25) is 0 Å². The molecule has 0 aliphatic heterocycles. The van der Waals surface area contributed by atoms with Crippen LogP contribution in [0.4, 0.5) is 0 Å². The molecule has 0 spiro atoms. The van der Waals surface area contributed by atoms with Gasteiger partial charge in [-0.1, -0.05) is 0 Å². The Balaban J connectivity index is 2.29. The lowest BCUT2D eigenvalue weighted by Crippen LogP contribution is -2.17. The fourth-order valence-electron chi connectivity index (χ4n) is 0.944. The summed E-state index contributed by atoms with van der Waals surface area (Å²) in [5.74, 6) is 0.773. The maximum atomic E-state index is 8.32. The van der Waals surface area contributed by atoms with Crippen molar-refractivity contribution in [2.45, 2.75) is 19.4 Å². The zero-order valence-electron chi connectivity index (χ0n) is 4.96. The lowest BCUT2D eigenvalue weighted by molar-refractivity contribution is 0.627. The molecule has 2 N–H and O–H groups in total. The van der Waals surface area contributed by atoms with Gasteiger partial charge in [0.15, 0.2) is 0 Å². The van der Waals surface area contributed by atoms with Crippen LogP contribution < -0.4 is 5.73 Å². The van der Waals surface area contributed by atoms with Crippen molar-refractivity contribution in [1.82, 2.24) is 0 Å². The molecule has 1 fully saturated rings. The van der Waals surface area contributed by atoms with Crippen molar-refractivity contribution in [3.05, 3.63) is 0 Å². The van der Waals surface area contributed by atoms with E-state index in [0.29, 0.717) is 5.92 Å². The molecule has 0 heterocycles. The first kappa shape index (κ1) is 5.58. The smallest absolute Gasteiger partial charge is 0.0659 e. The summed E-state index contributed by atoms with van der Waals surface area (Å²) in [5.41, 5.74) is 5.51. The van der Waals surface area contributed by atoms with E-state index in [2.05, 4.69) is 6.07 Å². The standard InChI is InChI=1S/C6H10N2/c1-4(8)6-2-5(6)3-7/h4-6H,2,8H2,1H3/t4-,5?,6?/m1/s1. The van der Waals surface area contributed by atoms with Crippen molar-refractivity contribution in [2.75, 3.05) is 0 Å². The third-order valence-corrected chi connectivity index (χ3v) is 1.68. The minimum atomic E-state index is 0.222. The molecule has 1 rings (SSSR count). The molecule has 0 aromatic carbocycles. The number of hydrogen-bond donors (Lipinski definition) is 1. The van der Waals surface area contributed by atoms with Gasteiger partial charge in [0, 0.05) is 6.04 Å². The number of rotatable bonds is 1. The number of nitrogens with two attached hydrogens (primary N) is 1. The van der Waals surface area contributed by atoms with Gasteiger partial charge in [0.1, 0.15) is 0 Å². The Morgan fingerprint density at radius 2 is 2.50 bits per heavy atom. The molecule has 3 atom stereocenters. The summed E-state index contributed by atoms with van der Waals surface area (Å²) in [6.45, 7) is 1.96. The lowest BCUT2D eigenvalue weighted by Gasteiger charge is -1.96. The summed E-state index contributed by atoms with van der Waals surface area (Å²) in [6.07, 6.45) is 1.02. The van der Waals surface area contributed by atoms with Crippen molar-refractivity contribution >= 4 is 0 Å². The van der Waals surface area contributed by atoms with Crippen molar-refractivity contribution < 1.29 is 0 Å². The van der Waals surface area contributed by atoms with Gasteiger partial charge in [0.2, 0.25) is 0 Å². The van der Waals surface area contributed by atoms with E-state index in [1.54, 1.807) is 0 Å². The first-order valence-electron chi connectivity index (χ1n) is 2.91. The highest BCUT2D eigenvalue weighted by atomic mass is 14.7. The topological polar surface area (TPSA) is 49.8 Å². The van der Waals surface area contributed by atoms with Gasteiger partial charge in [-0.05, 0) is 19.3 Å². The van der Waals surface area contributed by atoms with Gasteiger partial charge in [-0.2, -0.15) is 5.26 Å². The summed E-state index contributed by atoms with van der Waals surface area (Å²) in [5, 5.41) is 8.32. The van der Waals surface area contributed by atoms with E-state index in [1.165, 1.54) is 0 Å². The maximum Gasteiger partial charge on any atom is 0.0659 e. The molecular weight excluding hydrogens is 100 g/mol. The molecule has 2 nitrogen and oxygen atoms in total. The fourth-order valence-corrected chi connectivity index (χ4v) is 0.944. The Morgan fingerprint density at radius 1 is 1.88 bits per heavy atom. The van der Waals surface area contributed by atoms with Gasteiger partial charge in [-0.15, -0.1) is 0 Å². The molecule has 0 bridgehead atoms. The summed E-state index contributed by atoms with van der Waals surface area (Å²) < 4.78 is 0. The molecule has 1 aliphatic rings. The number of nitrogens with zero attached hydrogens (tertiary/aromatic N) is 1. The Labute approximate surface area is 49.3 Å². The van der Waals surface area contributed by atoms with E-state index < -0.39 is 0 Å². The molecule has 8 heavy (non-hydrogen) atoms. The Kier molecular flexibility index (Phi) is 1.22. The third kappa shape index (κ3) is 0.823. The zero-order chi connectivity index (χ0) is 6.15. The van der Waals surface area contributed by atoms with Crippen molar-refractivity contribution in [3.63, 3.8) is 0 Å². The lowest BCUT2D eigenvalue weighted by atomic mass is 10.2. The van der Waals surface area contributed by atoms with E-state index in [1.807, 2.05) is 6.92 Å². The molecule has 1 aliphatic carbocycles. The van der Waals surface area contributed by atoms with E-state index in [0.717, 1.165) is 6.42 Å². The van der Waals surface area contributed by atoms with E-state index in [-0.39, 0.29) is 12.0 Å². The normalized spacial score (nSPS) is 38.1. The predicted molar refractivity (Wildman–Crippen MR) is 30.9 cm³/mol. The van der Waals surface area contributed by atoms with Crippen LogP contribution in [0.2, 0.25) is 0 Å². The monoisotopic (exact) mass is 110 g/mol. The second-order valence-corrected chi connectivity index (χ2v) is 2.49. The van der Waals surface area contributed by atoms with Crippen LogP contribution in [0.3, 0.4) is 0 Å². The van der Waals surface area contributed by atoms with Crippen LogP contribution >= 0.6 is 0 Å². The molecule has 0 radical (unpaired) electrons. The summed E-state index contributed by atoms with van der Waals surface area (Å²) in [6, 6.07) is 2.41. The van der Waals surface area contributed by atoms with Gasteiger partial charge in [-0.25, -0.2) is 0 Å². The Hall–Kier alpha value is -0.550. The van der Waals surface area contributed by atoms with Gasteiger partial charge >= 0.3 is 0 Å². The van der Waals surface area contributed by atoms with Crippen LogP contribution in [0.5, 0.6) is 0 Å². The van der Waals surface area contributed by atoms with Crippen LogP contribution in [0, 0.1) is 23.2 Å². The average Bonchev–Trinajstić information content (AvgIpc) is 2.42. The van der Waals surface area contributed by atoms with Gasteiger partial charge in [0.05, 0.1) is 12.0 Å². The molecule has 0 aromatic heterocycles. The van der Waals surface area contributed by atoms with Crippen molar-refractivity contribution in [1.29, 1.82) is 5.26 Å². The van der Waals surface area contributed by atoms with Crippen molar-refractivity contribution in [3.8, 4) is 6.07 Å².